The number of carbonyl (C=O) groups is 2. The van der Waals surface area contributed by atoms with Crippen LogP contribution in [0.15, 0.2) is 47.6 Å². The van der Waals surface area contributed by atoms with Crippen LogP contribution in [0, 0.1) is 10.1 Å². The van der Waals surface area contributed by atoms with Gasteiger partial charge in [0.2, 0.25) is 5.91 Å². The van der Waals surface area contributed by atoms with Gasteiger partial charge in [-0.15, -0.1) is 0 Å². The van der Waals surface area contributed by atoms with Crippen molar-refractivity contribution >= 4 is 35.0 Å². The third kappa shape index (κ3) is 5.52. The topological polar surface area (TPSA) is 105 Å². The standard InChI is InChI=1S/C18H20N4O4S/c1-3-21(4-2)18(24)13-7-5-8-14(11-13)20-16(23)12-27-17-15(22(25)26)9-6-10-19-17/h5-11H,3-4,12H2,1-2H3,(H,20,23). The number of anilines is 1. The fraction of sp³-hybridized carbons (Fsp3) is 0.278. The molecule has 0 atom stereocenters. The number of nitro groups is 1. The van der Waals surface area contributed by atoms with Crippen molar-refractivity contribution in [2.75, 3.05) is 24.2 Å². The number of nitrogens with zero attached hydrogens (tertiary/aromatic N) is 3. The Hall–Kier alpha value is -2.94. The molecule has 27 heavy (non-hydrogen) atoms. The molecule has 1 aromatic carbocycles. The Balaban J connectivity index is 2.01. The minimum Gasteiger partial charge on any atom is -0.339 e. The van der Waals surface area contributed by atoms with Gasteiger partial charge in [0.15, 0.2) is 5.03 Å². The molecule has 1 heterocycles. The van der Waals surface area contributed by atoms with Gasteiger partial charge >= 0.3 is 5.69 Å². The van der Waals surface area contributed by atoms with Crippen molar-refractivity contribution in [3.63, 3.8) is 0 Å². The Morgan fingerprint density at radius 2 is 1.96 bits per heavy atom. The molecule has 0 fully saturated rings. The van der Waals surface area contributed by atoms with Gasteiger partial charge in [-0.2, -0.15) is 0 Å². The highest BCUT2D eigenvalue weighted by atomic mass is 32.2. The van der Waals surface area contributed by atoms with Crippen molar-refractivity contribution in [3.8, 4) is 0 Å². The highest BCUT2D eigenvalue weighted by Crippen LogP contribution is 2.26. The maximum Gasteiger partial charge on any atom is 0.301 e. The molecule has 1 N–H and O–H groups in total. The van der Waals surface area contributed by atoms with Crippen LogP contribution in [-0.4, -0.2) is 45.5 Å². The second-order valence-electron chi connectivity index (χ2n) is 5.48. The monoisotopic (exact) mass is 388 g/mol. The molecule has 2 amide bonds. The summed E-state index contributed by atoms with van der Waals surface area (Å²) in [5, 5.41) is 13.9. The van der Waals surface area contributed by atoms with Crippen LogP contribution in [0.3, 0.4) is 0 Å². The predicted octanol–water partition coefficient (Wildman–Crippen LogP) is 3.20. The smallest absolute Gasteiger partial charge is 0.301 e. The molecule has 142 valence electrons. The van der Waals surface area contributed by atoms with E-state index in [2.05, 4.69) is 10.3 Å². The molecule has 9 heteroatoms. The number of hydrogen-bond donors (Lipinski definition) is 1. The number of thioether (sulfide) groups is 1. The van der Waals surface area contributed by atoms with E-state index in [1.807, 2.05) is 13.8 Å². The van der Waals surface area contributed by atoms with Crippen molar-refractivity contribution in [3.05, 3.63) is 58.3 Å². The van der Waals surface area contributed by atoms with E-state index in [1.54, 1.807) is 29.2 Å². The molecule has 0 bridgehead atoms. The van der Waals surface area contributed by atoms with Crippen molar-refractivity contribution in [2.45, 2.75) is 18.9 Å². The zero-order valence-electron chi connectivity index (χ0n) is 15.0. The molecule has 0 aliphatic heterocycles. The Kier molecular flexibility index (Phi) is 7.30. The van der Waals surface area contributed by atoms with E-state index < -0.39 is 4.92 Å². The van der Waals surface area contributed by atoms with E-state index >= 15 is 0 Å². The molecular formula is C18H20N4O4S. The lowest BCUT2D eigenvalue weighted by molar-refractivity contribution is -0.388. The number of rotatable bonds is 8. The summed E-state index contributed by atoms with van der Waals surface area (Å²) in [6.45, 7) is 5.01. The number of nitrogens with one attached hydrogen (secondary N) is 1. The van der Waals surface area contributed by atoms with Crippen LogP contribution in [0.25, 0.3) is 0 Å². The van der Waals surface area contributed by atoms with Crippen LogP contribution in [0.5, 0.6) is 0 Å². The Morgan fingerprint density at radius 1 is 1.22 bits per heavy atom. The van der Waals surface area contributed by atoms with Crippen molar-refractivity contribution in [1.82, 2.24) is 9.88 Å². The van der Waals surface area contributed by atoms with E-state index in [4.69, 9.17) is 0 Å². The molecule has 0 aliphatic rings. The van der Waals surface area contributed by atoms with Gasteiger partial charge in [-0.25, -0.2) is 4.98 Å². The largest absolute Gasteiger partial charge is 0.339 e. The third-order valence-electron chi connectivity index (χ3n) is 3.73. The molecule has 0 radical (unpaired) electrons. The van der Waals surface area contributed by atoms with Crippen LogP contribution < -0.4 is 5.32 Å². The van der Waals surface area contributed by atoms with Gasteiger partial charge in [0.1, 0.15) is 0 Å². The number of hydrogen-bond acceptors (Lipinski definition) is 6. The molecule has 0 unspecified atom stereocenters. The highest BCUT2D eigenvalue weighted by Gasteiger charge is 2.17. The van der Waals surface area contributed by atoms with Crippen LogP contribution in [-0.2, 0) is 4.79 Å². The SMILES string of the molecule is CCN(CC)C(=O)c1cccc(NC(=O)CSc2ncccc2[N+](=O)[O-])c1. The Morgan fingerprint density at radius 3 is 2.63 bits per heavy atom. The summed E-state index contributed by atoms with van der Waals surface area (Å²) < 4.78 is 0. The van der Waals surface area contributed by atoms with Crippen LogP contribution >= 0.6 is 11.8 Å². The summed E-state index contributed by atoms with van der Waals surface area (Å²) in [4.78, 5) is 40.6. The van der Waals surface area contributed by atoms with E-state index in [0.717, 1.165) is 11.8 Å². The van der Waals surface area contributed by atoms with Gasteiger partial charge in [0.25, 0.3) is 5.91 Å². The number of carbonyl (C=O) groups excluding carboxylic acids is 2. The summed E-state index contributed by atoms with van der Waals surface area (Å²) in [5.74, 6) is -0.478. The second kappa shape index (κ2) is 9.67. The Bertz CT molecular complexity index is 840. The maximum absolute atomic E-state index is 12.4. The summed E-state index contributed by atoms with van der Waals surface area (Å²) in [5.41, 5.74) is 0.848. The second-order valence-corrected chi connectivity index (χ2v) is 6.44. The van der Waals surface area contributed by atoms with Gasteiger partial charge in [-0.1, -0.05) is 17.8 Å². The molecule has 0 saturated carbocycles. The van der Waals surface area contributed by atoms with Gasteiger partial charge in [-0.05, 0) is 38.1 Å². The number of amides is 2. The first-order valence-corrected chi connectivity index (χ1v) is 9.36. The number of benzene rings is 1. The fourth-order valence-corrected chi connectivity index (χ4v) is 3.15. The quantitative estimate of drug-likeness (QED) is 0.423. The summed E-state index contributed by atoms with van der Waals surface area (Å²) >= 11 is 0.985. The highest BCUT2D eigenvalue weighted by molar-refractivity contribution is 8.00. The lowest BCUT2D eigenvalue weighted by Gasteiger charge is -2.19. The van der Waals surface area contributed by atoms with Crippen molar-refractivity contribution in [2.24, 2.45) is 0 Å². The van der Waals surface area contributed by atoms with E-state index in [0.29, 0.717) is 24.3 Å². The predicted molar refractivity (Wildman–Crippen MR) is 104 cm³/mol. The molecule has 8 nitrogen and oxygen atoms in total. The summed E-state index contributed by atoms with van der Waals surface area (Å²) in [7, 11) is 0. The summed E-state index contributed by atoms with van der Waals surface area (Å²) in [6.07, 6.45) is 1.44. The maximum atomic E-state index is 12.4. The minimum absolute atomic E-state index is 0.0356. The minimum atomic E-state index is -0.532. The average molecular weight is 388 g/mol. The molecular weight excluding hydrogens is 368 g/mol. The Labute approximate surface area is 161 Å². The molecule has 1 aromatic heterocycles. The van der Waals surface area contributed by atoms with E-state index in [1.165, 1.54) is 18.3 Å². The molecule has 0 spiro atoms. The zero-order chi connectivity index (χ0) is 19.8. The van der Waals surface area contributed by atoms with Crippen LogP contribution in [0.2, 0.25) is 0 Å². The molecule has 2 rings (SSSR count). The third-order valence-corrected chi connectivity index (χ3v) is 4.73. The lowest BCUT2D eigenvalue weighted by Crippen LogP contribution is -2.30. The summed E-state index contributed by atoms with van der Waals surface area (Å²) in [6, 6.07) is 9.51. The lowest BCUT2D eigenvalue weighted by atomic mass is 10.1. The zero-order valence-corrected chi connectivity index (χ0v) is 15.9. The fourth-order valence-electron chi connectivity index (χ4n) is 2.39. The number of aromatic nitrogens is 1. The van der Waals surface area contributed by atoms with Crippen molar-refractivity contribution in [1.29, 1.82) is 0 Å². The van der Waals surface area contributed by atoms with Crippen LogP contribution in [0.4, 0.5) is 11.4 Å². The first-order chi connectivity index (χ1) is 13.0. The molecule has 0 saturated heterocycles. The molecule has 0 aliphatic carbocycles. The van der Waals surface area contributed by atoms with Gasteiger partial charge in [-0.3, -0.25) is 19.7 Å². The average Bonchev–Trinajstić information content (AvgIpc) is 2.67. The normalized spacial score (nSPS) is 10.3. The van der Waals surface area contributed by atoms with Gasteiger partial charge in [0.05, 0.1) is 10.7 Å². The van der Waals surface area contributed by atoms with E-state index in [9.17, 15) is 19.7 Å². The number of pyridine rings is 1. The van der Waals surface area contributed by atoms with Crippen LogP contribution in [0.1, 0.15) is 24.2 Å². The molecule has 2 aromatic rings. The van der Waals surface area contributed by atoms with Crippen molar-refractivity contribution < 1.29 is 14.5 Å². The van der Waals surface area contributed by atoms with E-state index in [-0.39, 0.29) is 28.3 Å². The first kappa shape index (κ1) is 20.4. The first-order valence-electron chi connectivity index (χ1n) is 8.37. The van der Waals surface area contributed by atoms with Gasteiger partial charge in [0, 0.05) is 36.6 Å². The van der Waals surface area contributed by atoms with Gasteiger partial charge < -0.3 is 10.2 Å².